The van der Waals surface area contributed by atoms with Gasteiger partial charge in [-0.05, 0) is 55.7 Å². The van der Waals surface area contributed by atoms with E-state index >= 15 is 8.78 Å². The van der Waals surface area contributed by atoms with E-state index in [4.69, 9.17) is 0 Å². The third-order valence-electron chi connectivity index (χ3n) is 8.54. The molecule has 3 N–H and O–H groups in total. The number of carboxylic acid groups (broad SMARTS) is 1. The van der Waals surface area contributed by atoms with Crippen molar-refractivity contribution in [1.29, 1.82) is 0 Å². The van der Waals surface area contributed by atoms with E-state index in [0.29, 0.717) is 0 Å². The first-order valence-electron chi connectivity index (χ1n) is 9.76. The highest BCUT2D eigenvalue weighted by atomic mass is 19.1. The second-order valence-corrected chi connectivity index (χ2v) is 9.57. The van der Waals surface area contributed by atoms with Crippen LogP contribution in [-0.4, -0.2) is 50.6 Å². The Morgan fingerprint density at radius 3 is 2.50 bits per heavy atom. The molecule has 5 nitrogen and oxygen atoms in total. The number of halogens is 2. The van der Waals surface area contributed by atoms with E-state index in [2.05, 4.69) is 0 Å². The van der Waals surface area contributed by atoms with Crippen molar-refractivity contribution < 1.29 is 33.7 Å². The lowest BCUT2D eigenvalue weighted by Gasteiger charge is -2.62. The van der Waals surface area contributed by atoms with Crippen LogP contribution in [0.25, 0.3) is 0 Å². The van der Waals surface area contributed by atoms with Crippen molar-refractivity contribution in [2.24, 2.45) is 28.6 Å². The number of carbonyl (C=O) groups is 2. The van der Waals surface area contributed by atoms with Crippen LogP contribution in [0, 0.1) is 28.6 Å². The van der Waals surface area contributed by atoms with Crippen LogP contribution in [0.2, 0.25) is 0 Å². The SMILES string of the molecule is C[C@@H]1C[C@H]2[C@H]3C[C@H](F)C4=CC(=O)C=C[C@]4(C)[C@@]3(F)[C@@H](O)C[C@]2(C)[C@@]1(O)C(=O)O. The van der Waals surface area contributed by atoms with E-state index in [-0.39, 0.29) is 24.8 Å². The van der Waals surface area contributed by atoms with E-state index < -0.39 is 63.9 Å². The Kier molecular flexibility index (Phi) is 3.88. The van der Waals surface area contributed by atoms with Crippen LogP contribution in [0.3, 0.4) is 0 Å². The Labute approximate surface area is 162 Å². The van der Waals surface area contributed by atoms with Gasteiger partial charge >= 0.3 is 5.97 Å². The zero-order chi connectivity index (χ0) is 20.9. The van der Waals surface area contributed by atoms with Gasteiger partial charge in [0.15, 0.2) is 17.1 Å². The highest BCUT2D eigenvalue weighted by molar-refractivity contribution is 6.01. The number of alkyl halides is 2. The molecular weight excluding hydrogens is 370 g/mol. The molecule has 0 bridgehead atoms. The minimum absolute atomic E-state index is 0.0287. The van der Waals surface area contributed by atoms with Crippen LogP contribution < -0.4 is 0 Å². The van der Waals surface area contributed by atoms with Gasteiger partial charge in [0.2, 0.25) is 0 Å². The summed E-state index contributed by atoms with van der Waals surface area (Å²) in [4.78, 5) is 23.7. The molecule has 9 atom stereocenters. The molecule has 0 amide bonds. The molecule has 0 aromatic rings. The first kappa shape index (κ1) is 19.7. The van der Waals surface area contributed by atoms with Crippen molar-refractivity contribution in [3.05, 3.63) is 23.8 Å². The van der Waals surface area contributed by atoms with Gasteiger partial charge in [0.1, 0.15) is 6.17 Å². The molecule has 3 saturated carbocycles. The van der Waals surface area contributed by atoms with Crippen molar-refractivity contribution in [2.75, 3.05) is 0 Å². The molecule has 0 unspecified atom stereocenters. The molecule has 0 aliphatic heterocycles. The van der Waals surface area contributed by atoms with Gasteiger partial charge in [0.05, 0.1) is 6.10 Å². The van der Waals surface area contributed by atoms with Crippen LogP contribution in [0.15, 0.2) is 23.8 Å². The first-order valence-corrected chi connectivity index (χ1v) is 9.76. The smallest absolute Gasteiger partial charge is 0.336 e. The van der Waals surface area contributed by atoms with Gasteiger partial charge in [-0.3, -0.25) is 4.79 Å². The fourth-order valence-electron chi connectivity index (χ4n) is 7.00. The highest BCUT2D eigenvalue weighted by Crippen LogP contribution is 2.70. The maximum atomic E-state index is 16.8. The Hall–Kier alpha value is -1.60. The van der Waals surface area contributed by atoms with E-state index in [0.717, 1.165) is 6.08 Å². The van der Waals surface area contributed by atoms with E-state index in [9.17, 15) is 24.9 Å². The van der Waals surface area contributed by atoms with E-state index in [1.807, 2.05) is 0 Å². The lowest BCUT2D eigenvalue weighted by molar-refractivity contribution is -0.229. The number of fused-ring (bicyclic) bond motifs is 5. The third kappa shape index (κ3) is 1.92. The molecule has 0 spiro atoms. The number of allylic oxidation sites excluding steroid dienone is 4. The van der Waals surface area contributed by atoms with Crippen molar-refractivity contribution in [3.63, 3.8) is 0 Å². The molecule has 4 aliphatic rings. The number of carbonyl (C=O) groups excluding carboxylic acids is 1. The molecule has 154 valence electrons. The highest BCUT2D eigenvalue weighted by Gasteiger charge is 2.76. The van der Waals surface area contributed by atoms with Gasteiger partial charge < -0.3 is 15.3 Å². The Balaban J connectivity index is 1.88. The zero-order valence-corrected chi connectivity index (χ0v) is 16.2. The zero-order valence-electron chi connectivity index (χ0n) is 16.2. The summed E-state index contributed by atoms with van der Waals surface area (Å²) in [5, 5.41) is 31.8. The van der Waals surface area contributed by atoms with Crippen molar-refractivity contribution in [1.82, 2.24) is 0 Å². The average molecular weight is 396 g/mol. The molecule has 0 aromatic heterocycles. The van der Waals surface area contributed by atoms with Crippen LogP contribution >= 0.6 is 0 Å². The number of aliphatic hydroxyl groups is 2. The summed E-state index contributed by atoms with van der Waals surface area (Å²) in [6.45, 7) is 4.67. The molecule has 4 rings (SSSR count). The normalized spacial score (nSPS) is 55.2. The Bertz CT molecular complexity index is 824. The molecule has 0 saturated heterocycles. The van der Waals surface area contributed by atoms with Crippen molar-refractivity contribution in [2.45, 2.75) is 63.6 Å². The fraction of sp³-hybridized carbons (Fsp3) is 0.714. The van der Waals surface area contributed by atoms with Gasteiger partial charge in [0, 0.05) is 16.7 Å². The van der Waals surface area contributed by atoms with Gasteiger partial charge in [-0.25, -0.2) is 13.6 Å². The number of hydrogen-bond acceptors (Lipinski definition) is 4. The summed E-state index contributed by atoms with van der Waals surface area (Å²) in [6.07, 6.45) is 0.214. The minimum Gasteiger partial charge on any atom is -0.479 e. The first-order chi connectivity index (χ1) is 12.8. The van der Waals surface area contributed by atoms with Crippen LogP contribution in [0.1, 0.15) is 40.0 Å². The summed E-state index contributed by atoms with van der Waals surface area (Å²) < 4.78 is 31.9. The van der Waals surface area contributed by atoms with Crippen LogP contribution in [-0.2, 0) is 9.59 Å². The number of carboxylic acids is 1. The summed E-state index contributed by atoms with van der Waals surface area (Å²) >= 11 is 0. The molecule has 7 heteroatoms. The Morgan fingerprint density at radius 1 is 1.25 bits per heavy atom. The minimum atomic E-state index is -2.26. The number of ketones is 1. The summed E-state index contributed by atoms with van der Waals surface area (Å²) in [5.41, 5.74) is -7.14. The standard InChI is InChI=1S/C21H26F2O5/c1-10-6-12-13-8-15(22)14-7-11(24)4-5-18(14,2)20(13,23)16(25)9-19(12,3)21(10,28)17(26)27/h4-5,7,10,12-13,15-16,25,28H,6,8-9H2,1-3H3,(H,26,27)/t10-,12+,13-,15+,16+,18+,19+,20+,21+/m1/s1. The lowest BCUT2D eigenvalue weighted by Crippen LogP contribution is -2.70. The fourth-order valence-corrected chi connectivity index (χ4v) is 7.00. The second kappa shape index (κ2) is 5.51. The van der Waals surface area contributed by atoms with Crippen molar-refractivity contribution >= 4 is 11.8 Å². The number of rotatable bonds is 1. The number of hydrogen-bond donors (Lipinski definition) is 3. The largest absolute Gasteiger partial charge is 0.479 e. The third-order valence-corrected chi connectivity index (χ3v) is 8.54. The monoisotopic (exact) mass is 396 g/mol. The molecule has 3 fully saturated rings. The second-order valence-electron chi connectivity index (χ2n) is 9.57. The predicted molar refractivity (Wildman–Crippen MR) is 95.8 cm³/mol. The topological polar surface area (TPSA) is 94.8 Å². The predicted octanol–water partition coefficient (Wildman–Crippen LogP) is 2.37. The quantitative estimate of drug-likeness (QED) is 0.633. The summed E-state index contributed by atoms with van der Waals surface area (Å²) in [7, 11) is 0. The van der Waals surface area contributed by atoms with Gasteiger partial charge in [-0.1, -0.05) is 19.9 Å². The molecular formula is C21H26F2O5. The molecule has 0 radical (unpaired) electrons. The van der Waals surface area contributed by atoms with Gasteiger partial charge in [-0.2, -0.15) is 0 Å². The average Bonchev–Trinajstić information content (AvgIpc) is 2.81. The lowest BCUT2D eigenvalue weighted by atomic mass is 9.44. The van der Waals surface area contributed by atoms with E-state index in [1.54, 1.807) is 13.8 Å². The van der Waals surface area contributed by atoms with E-state index in [1.165, 1.54) is 19.1 Å². The summed E-state index contributed by atoms with van der Waals surface area (Å²) in [5.74, 6) is -4.07. The van der Waals surface area contributed by atoms with Gasteiger partial charge in [0.25, 0.3) is 0 Å². The molecule has 0 aromatic carbocycles. The Morgan fingerprint density at radius 2 is 1.89 bits per heavy atom. The molecule has 0 heterocycles. The maximum absolute atomic E-state index is 16.8. The number of aliphatic carboxylic acids is 1. The number of aliphatic hydroxyl groups excluding tert-OH is 1. The van der Waals surface area contributed by atoms with Crippen LogP contribution in [0.4, 0.5) is 8.78 Å². The molecule has 4 aliphatic carbocycles. The maximum Gasteiger partial charge on any atom is 0.336 e. The van der Waals surface area contributed by atoms with Crippen molar-refractivity contribution in [3.8, 4) is 0 Å². The van der Waals surface area contributed by atoms with Crippen LogP contribution in [0.5, 0.6) is 0 Å². The molecule has 28 heavy (non-hydrogen) atoms. The summed E-state index contributed by atoms with van der Waals surface area (Å²) in [6, 6.07) is 0. The van der Waals surface area contributed by atoms with Gasteiger partial charge in [-0.15, -0.1) is 0 Å².